The lowest BCUT2D eigenvalue weighted by Crippen LogP contribution is -2.38. The van der Waals surface area contributed by atoms with Crippen molar-refractivity contribution in [2.24, 2.45) is 4.99 Å². The van der Waals surface area contributed by atoms with Crippen LogP contribution >= 0.6 is 24.0 Å². The third kappa shape index (κ3) is 8.03. The SMILES string of the molecule is CN=C(NCCc1cccnc1)NCc1ccccc1OC(C)(C)C.I. The maximum atomic E-state index is 6.03. The molecule has 5 nitrogen and oxygen atoms in total. The van der Waals surface area contributed by atoms with Crippen LogP contribution in [0.25, 0.3) is 0 Å². The molecule has 2 rings (SSSR count). The predicted molar refractivity (Wildman–Crippen MR) is 118 cm³/mol. The molecule has 1 aromatic carbocycles. The summed E-state index contributed by atoms with van der Waals surface area (Å²) in [5, 5.41) is 6.67. The Morgan fingerprint density at radius 1 is 1.12 bits per heavy atom. The molecule has 0 amide bonds. The summed E-state index contributed by atoms with van der Waals surface area (Å²) in [5.41, 5.74) is 2.08. The van der Waals surface area contributed by atoms with Crippen LogP contribution in [-0.4, -0.2) is 30.1 Å². The lowest BCUT2D eigenvalue weighted by Gasteiger charge is -2.23. The molecule has 2 aromatic rings. The zero-order valence-electron chi connectivity index (χ0n) is 16.0. The minimum Gasteiger partial charge on any atom is -0.488 e. The van der Waals surface area contributed by atoms with Gasteiger partial charge in [-0.15, -0.1) is 24.0 Å². The van der Waals surface area contributed by atoms with Crippen molar-refractivity contribution in [1.29, 1.82) is 0 Å². The van der Waals surface area contributed by atoms with E-state index in [-0.39, 0.29) is 29.6 Å². The number of nitrogens with one attached hydrogen (secondary N) is 2. The fourth-order valence-electron chi connectivity index (χ4n) is 2.35. The molecule has 0 aliphatic heterocycles. The number of aliphatic imine (C=N–C) groups is 1. The van der Waals surface area contributed by atoms with Gasteiger partial charge in [-0.2, -0.15) is 0 Å². The fourth-order valence-corrected chi connectivity index (χ4v) is 2.35. The molecular formula is C20H29IN4O. The Labute approximate surface area is 173 Å². The third-order valence-corrected chi connectivity index (χ3v) is 3.49. The molecule has 0 saturated carbocycles. The second-order valence-corrected chi connectivity index (χ2v) is 6.79. The lowest BCUT2D eigenvalue weighted by atomic mass is 10.1. The van der Waals surface area contributed by atoms with E-state index < -0.39 is 0 Å². The van der Waals surface area contributed by atoms with Crippen molar-refractivity contribution in [2.45, 2.75) is 39.3 Å². The van der Waals surface area contributed by atoms with Gasteiger partial charge in [-0.1, -0.05) is 24.3 Å². The van der Waals surface area contributed by atoms with Crippen LogP contribution in [0, 0.1) is 0 Å². The highest BCUT2D eigenvalue weighted by atomic mass is 127. The summed E-state index contributed by atoms with van der Waals surface area (Å²) in [7, 11) is 1.77. The van der Waals surface area contributed by atoms with E-state index in [0.29, 0.717) is 6.54 Å². The summed E-state index contributed by atoms with van der Waals surface area (Å²) in [6.07, 6.45) is 4.57. The van der Waals surface area contributed by atoms with Gasteiger partial charge in [0.25, 0.3) is 0 Å². The maximum absolute atomic E-state index is 6.03. The van der Waals surface area contributed by atoms with Gasteiger partial charge in [0.2, 0.25) is 0 Å². The molecule has 26 heavy (non-hydrogen) atoms. The quantitative estimate of drug-likeness (QED) is 0.385. The van der Waals surface area contributed by atoms with Crippen molar-refractivity contribution in [3.63, 3.8) is 0 Å². The molecule has 0 radical (unpaired) electrons. The Morgan fingerprint density at radius 2 is 1.88 bits per heavy atom. The molecule has 0 saturated heterocycles. The van der Waals surface area contributed by atoms with Gasteiger partial charge in [-0.25, -0.2) is 0 Å². The number of rotatable bonds is 6. The summed E-state index contributed by atoms with van der Waals surface area (Å²) in [6, 6.07) is 12.1. The highest BCUT2D eigenvalue weighted by molar-refractivity contribution is 14.0. The largest absolute Gasteiger partial charge is 0.488 e. The smallest absolute Gasteiger partial charge is 0.191 e. The van der Waals surface area contributed by atoms with Gasteiger partial charge in [0.1, 0.15) is 11.4 Å². The zero-order chi connectivity index (χ0) is 18.1. The number of benzene rings is 1. The van der Waals surface area contributed by atoms with Crippen LogP contribution in [0.2, 0.25) is 0 Å². The number of para-hydroxylation sites is 1. The molecule has 0 atom stereocenters. The van der Waals surface area contributed by atoms with E-state index in [1.807, 2.05) is 30.5 Å². The summed E-state index contributed by atoms with van der Waals surface area (Å²) in [4.78, 5) is 8.41. The highest BCUT2D eigenvalue weighted by Crippen LogP contribution is 2.22. The first kappa shape index (κ1) is 22.2. The zero-order valence-corrected chi connectivity index (χ0v) is 18.3. The molecule has 142 valence electrons. The van der Waals surface area contributed by atoms with Gasteiger partial charge < -0.3 is 15.4 Å². The van der Waals surface area contributed by atoms with Crippen LogP contribution in [0.4, 0.5) is 0 Å². The van der Waals surface area contributed by atoms with E-state index in [0.717, 1.165) is 30.2 Å². The first-order valence-electron chi connectivity index (χ1n) is 8.58. The molecule has 2 N–H and O–H groups in total. The molecular weight excluding hydrogens is 439 g/mol. The van der Waals surface area contributed by atoms with Gasteiger partial charge in [-0.3, -0.25) is 9.98 Å². The standard InChI is InChI=1S/C20H28N4O.HI/c1-20(2,3)25-18-10-6-5-9-17(18)15-24-19(21-4)23-13-11-16-8-7-12-22-14-16;/h5-10,12,14H,11,13,15H2,1-4H3,(H2,21,23,24);1H. The molecule has 1 heterocycles. The van der Waals surface area contributed by atoms with Crippen LogP contribution in [-0.2, 0) is 13.0 Å². The fraction of sp³-hybridized carbons (Fsp3) is 0.400. The Morgan fingerprint density at radius 3 is 2.54 bits per heavy atom. The predicted octanol–water partition coefficient (Wildman–Crippen LogP) is 3.78. The Bertz CT molecular complexity index is 684. The van der Waals surface area contributed by atoms with Crippen molar-refractivity contribution in [3.05, 3.63) is 59.9 Å². The minimum absolute atomic E-state index is 0. The topological polar surface area (TPSA) is 58.5 Å². The molecule has 0 fully saturated rings. The van der Waals surface area contributed by atoms with Crippen LogP contribution in [0.1, 0.15) is 31.9 Å². The van der Waals surface area contributed by atoms with Gasteiger partial charge >= 0.3 is 0 Å². The molecule has 0 bridgehead atoms. The number of nitrogens with zero attached hydrogens (tertiary/aromatic N) is 2. The first-order valence-corrected chi connectivity index (χ1v) is 8.58. The number of pyridine rings is 1. The van der Waals surface area contributed by atoms with Crippen LogP contribution in [0.5, 0.6) is 5.75 Å². The van der Waals surface area contributed by atoms with Crippen molar-refractivity contribution in [1.82, 2.24) is 15.6 Å². The molecule has 1 aromatic heterocycles. The first-order chi connectivity index (χ1) is 12.0. The average molecular weight is 468 g/mol. The summed E-state index contributed by atoms with van der Waals surface area (Å²) in [5.74, 6) is 1.67. The van der Waals surface area contributed by atoms with Crippen molar-refractivity contribution < 1.29 is 4.74 Å². The average Bonchev–Trinajstić information content (AvgIpc) is 2.58. The van der Waals surface area contributed by atoms with E-state index in [9.17, 15) is 0 Å². The minimum atomic E-state index is -0.222. The number of aromatic nitrogens is 1. The summed E-state index contributed by atoms with van der Waals surface area (Å²) >= 11 is 0. The monoisotopic (exact) mass is 468 g/mol. The summed E-state index contributed by atoms with van der Waals surface area (Å²) < 4.78 is 6.03. The Hall–Kier alpha value is -1.83. The van der Waals surface area contributed by atoms with Gasteiger partial charge in [0, 0.05) is 38.1 Å². The Balaban J connectivity index is 0.00000338. The number of halogens is 1. The van der Waals surface area contributed by atoms with Crippen molar-refractivity contribution in [2.75, 3.05) is 13.6 Å². The molecule has 0 unspecified atom stereocenters. The number of guanidine groups is 1. The molecule has 0 aliphatic rings. The van der Waals surface area contributed by atoms with Gasteiger partial charge in [0.05, 0.1) is 0 Å². The van der Waals surface area contributed by atoms with Crippen LogP contribution in [0.15, 0.2) is 53.8 Å². The lowest BCUT2D eigenvalue weighted by molar-refractivity contribution is 0.129. The van der Waals surface area contributed by atoms with Gasteiger partial charge in [0.15, 0.2) is 5.96 Å². The number of ether oxygens (including phenoxy) is 1. The molecule has 6 heteroatoms. The Kier molecular flexibility index (Phi) is 9.40. The van der Waals surface area contributed by atoms with E-state index in [2.05, 4.69) is 53.5 Å². The van der Waals surface area contributed by atoms with Crippen molar-refractivity contribution >= 4 is 29.9 Å². The normalized spacial score (nSPS) is 11.5. The second kappa shape index (κ2) is 11.0. The summed E-state index contributed by atoms with van der Waals surface area (Å²) in [6.45, 7) is 7.60. The van der Waals surface area contributed by atoms with E-state index in [1.54, 1.807) is 13.2 Å². The van der Waals surface area contributed by atoms with Crippen molar-refractivity contribution in [3.8, 4) is 5.75 Å². The number of hydrogen-bond acceptors (Lipinski definition) is 3. The van der Waals surface area contributed by atoms with E-state index >= 15 is 0 Å². The molecule has 0 aliphatic carbocycles. The maximum Gasteiger partial charge on any atom is 0.191 e. The third-order valence-electron chi connectivity index (χ3n) is 3.49. The highest BCUT2D eigenvalue weighted by Gasteiger charge is 2.14. The van der Waals surface area contributed by atoms with Gasteiger partial charge in [-0.05, 0) is 44.9 Å². The van der Waals surface area contributed by atoms with E-state index in [1.165, 1.54) is 5.56 Å². The second-order valence-electron chi connectivity index (χ2n) is 6.79. The number of hydrogen-bond donors (Lipinski definition) is 2. The van der Waals surface area contributed by atoms with Crippen LogP contribution in [0.3, 0.4) is 0 Å². The van der Waals surface area contributed by atoms with Crippen LogP contribution < -0.4 is 15.4 Å². The van der Waals surface area contributed by atoms with E-state index in [4.69, 9.17) is 4.74 Å². The molecule has 0 spiro atoms.